The van der Waals surface area contributed by atoms with Gasteiger partial charge >= 0.3 is 0 Å². The number of furan rings is 1. The monoisotopic (exact) mass is 317 g/mol. The third kappa shape index (κ3) is 4.09. The molecule has 3 aromatic rings. The minimum atomic E-state index is 0.629. The number of hydrogen-bond donors (Lipinski definition) is 1. The molecule has 1 N–H and O–H groups in total. The molecule has 0 spiro atoms. The molecule has 108 valence electrons. The number of thioether (sulfide) groups is 1. The van der Waals surface area contributed by atoms with Gasteiger partial charge in [-0.2, -0.15) is 0 Å². The van der Waals surface area contributed by atoms with Crippen molar-refractivity contribution in [3.8, 4) is 0 Å². The lowest BCUT2D eigenvalue weighted by atomic mass is 10.2. The number of nitrogens with one attached hydrogen (secondary N) is 1. The van der Waals surface area contributed by atoms with Crippen molar-refractivity contribution in [3.05, 3.63) is 59.5 Å². The molecule has 0 saturated heterocycles. The number of anilines is 1. The summed E-state index contributed by atoms with van der Waals surface area (Å²) >= 11 is 3.27. The summed E-state index contributed by atoms with van der Waals surface area (Å²) in [5, 5.41) is 12.4. The van der Waals surface area contributed by atoms with Crippen LogP contribution in [-0.4, -0.2) is 10.2 Å². The van der Waals surface area contributed by atoms with Crippen molar-refractivity contribution in [1.29, 1.82) is 0 Å². The first-order valence-corrected chi connectivity index (χ1v) is 8.38. The largest absolute Gasteiger partial charge is 0.467 e. The third-order valence-corrected chi connectivity index (χ3v) is 4.97. The van der Waals surface area contributed by atoms with Crippen LogP contribution in [0.1, 0.15) is 16.9 Å². The standard InChI is InChI=1S/C15H15N3OS2/c1-11-4-6-12(7-5-11)10-20-15-18-17-14(21-15)16-9-13-3-2-8-19-13/h2-8H,9-10H2,1H3,(H,16,17). The van der Waals surface area contributed by atoms with Crippen LogP contribution in [0.4, 0.5) is 5.13 Å². The molecule has 3 rings (SSSR count). The van der Waals surface area contributed by atoms with Crippen LogP contribution < -0.4 is 5.32 Å². The Labute approximate surface area is 131 Å². The minimum Gasteiger partial charge on any atom is -0.467 e. The quantitative estimate of drug-likeness (QED) is 0.685. The van der Waals surface area contributed by atoms with E-state index in [4.69, 9.17) is 4.42 Å². The lowest BCUT2D eigenvalue weighted by Gasteiger charge is -1.99. The van der Waals surface area contributed by atoms with Gasteiger partial charge in [0.2, 0.25) is 5.13 Å². The van der Waals surface area contributed by atoms with E-state index in [1.165, 1.54) is 11.1 Å². The average Bonchev–Trinajstić information content (AvgIpc) is 3.16. The summed E-state index contributed by atoms with van der Waals surface area (Å²) in [6, 6.07) is 12.4. The van der Waals surface area contributed by atoms with Crippen LogP contribution in [0, 0.1) is 6.92 Å². The Bertz CT molecular complexity index is 677. The molecule has 0 fully saturated rings. The molecule has 0 amide bonds. The van der Waals surface area contributed by atoms with Crippen LogP contribution in [-0.2, 0) is 12.3 Å². The number of aromatic nitrogens is 2. The molecule has 0 radical (unpaired) electrons. The average molecular weight is 317 g/mol. The normalized spacial score (nSPS) is 10.7. The molecule has 0 aliphatic rings. The Hall–Kier alpha value is -1.79. The number of nitrogens with zero attached hydrogens (tertiary/aromatic N) is 2. The van der Waals surface area contributed by atoms with Gasteiger partial charge in [0.15, 0.2) is 4.34 Å². The first kappa shape index (κ1) is 14.2. The summed E-state index contributed by atoms with van der Waals surface area (Å²) in [6.45, 7) is 2.73. The second kappa shape index (κ2) is 6.78. The van der Waals surface area contributed by atoms with E-state index in [1.807, 2.05) is 12.1 Å². The molecule has 0 aliphatic carbocycles. The first-order valence-electron chi connectivity index (χ1n) is 6.58. The van der Waals surface area contributed by atoms with Gasteiger partial charge in [-0.1, -0.05) is 52.9 Å². The van der Waals surface area contributed by atoms with Crippen molar-refractivity contribution < 1.29 is 4.42 Å². The molecule has 4 nitrogen and oxygen atoms in total. The highest BCUT2D eigenvalue weighted by atomic mass is 32.2. The van der Waals surface area contributed by atoms with Gasteiger partial charge in [-0.15, -0.1) is 10.2 Å². The molecule has 6 heteroatoms. The van der Waals surface area contributed by atoms with E-state index in [1.54, 1.807) is 29.4 Å². The fraction of sp³-hybridized carbons (Fsp3) is 0.200. The molecule has 0 aliphatic heterocycles. The van der Waals surface area contributed by atoms with Crippen LogP contribution >= 0.6 is 23.1 Å². The van der Waals surface area contributed by atoms with E-state index < -0.39 is 0 Å². The van der Waals surface area contributed by atoms with Gasteiger partial charge in [0.25, 0.3) is 0 Å². The van der Waals surface area contributed by atoms with Crippen molar-refractivity contribution in [3.63, 3.8) is 0 Å². The Morgan fingerprint density at radius 2 is 2.05 bits per heavy atom. The maximum atomic E-state index is 5.27. The maximum Gasteiger partial charge on any atom is 0.206 e. The summed E-state index contributed by atoms with van der Waals surface area (Å²) in [6.07, 6.45) is 1.67. The molecule has 21 heavy (non-hydrogen) atoms. The Morgan fingerprint density at radius 3 is 2.81 bits per heavy atom. The molecule has 0 atom stereocenters. The molecule has 0 bridgehead atoms. The fourth-order valence-corrected chi connectivity index (χ4v) is 3.45. The summed E-state index contributed by atoms with van der Waals surface area (Å²) < 4.78 is 6.24. The summed E-state index contributed by atoms with van der Waals surface area (Å²) in [5.74, 6) is 1.80. The number of hydrogen-bond acceptors (Lipinski definition) is 6. The van der Waals surface area contributed by atoms with Crippen LogP contribution in [0.25, 0.3) is 0 Å². The van der Waals surface area contributed by atoms with Gasteiger partial charge in [0.1, 0.15) is 5.76 Å². The third-order valence-electron chi connectivity index (χ3n) is 2.88. The van der Waals surface area contributed by atoms with Gasteiger partial charge in [-0.05, 0) is 24.6 Å². The summed E-state index contributed by atoms with van der Waals surface area (Å²) in [4.78, 5) is 0. The van der Waals surface area contributed by atoms with Gasteiger partial charge in [-0.3, -0.25) is 0 Å². The summed E-state index contributed by atoms with van der Waals surface area (Å²) in [7, 11) is 0. The molecular weight excluding hydrogens is 302 g/mol. The zero-order chi connectivity index (χ0) is 14.5. The van der Waals surface area contributed by atoms with E-state index in [2.05, 4.69) is 46.7 Å². The zero-order valence-corrected chi connectivity index (χ0v) is 13.2. The number of aryl methyl sites for hydroxylation is 1. The van der Waals surface area contributed by atoms with E-state index >= 15 is 0 Å². The van der Waals surface area contributed by atoms with Gasteiger partial charge in [0.05, 0.1) is 12.8 Å². The number of benzene rings is 1. The molecule has 0 saturated carbocycles. The zero-order valence-electron chi connectivity index (χ0n) is 11.6. The highest BCUT2D eigenvalue weighted by Crippen LogP contribution is 2.28. The lowest BCUT2D eigenvalue weighted by Crippen LogP contribution is -1.96. The van der Waals surface area contributed by atoms with Crippen molar-refractivity contribution in [2.24, 2.45) is 0 Å². The molecule has 0 unspecified atom stereocenters. The van der Waals surface area contributed by atoms with Crippen molar-refractivity contribution >= 4 is 28.2 Å². The van der Waals surface area contributed by atoms with E-state index in [0.29, 0.717) is 6.54 Å². The van der Waals surface area contributed by atoms with Crippen molar-refractivity contribution in [2.45, 2.75) is 23.6 Å². The minimum absolute atomic E-state index is 0.629. The predicted octanol–water partition coefficient (Wildman–Crippen LogP) is 4.34. The second-order valence-electron chi connectivity index (χ2n) is 4.58. The molecule has 2 heterocycles. The van der Waals surface area contributed by atoms with E-state index in [0.717, 1.165) is 21.0 Å². The smallest absolute Gasteiger partial charge is 0.206 e. The van der Waals surface area contributed by atoms with E-state index in [9.17, 15) is 0 Å². The molecule has 1 aromatic carbocycles. The van der Waals surface area contributed by atoms with Gasteiger partial charge < -0.3 is 9.73 Å². The predicted molar refractivity (Wildman–Crippen MR) is 86.7 cm³/mol. The first-order chi connectivity index (χ1) is 10.3. The maximum absolute atomic E-state index is 5.27. The van der Waals surface area contributed by atoms with E-state index in [-0.39, 0.29) is 0 Å². The Morgan fingerprint density at radius 1 is 1.19 bits per heavy atom. The van der Waals surface area contributed by atoms with Gasteiger partial charge in [0, 0.05) is 5.75 Å². The van der Waals surface area contributed by atoms with Crippen LogP contribution in [0.2, 0.25) is 0 Å². The van der Waals surface area contributed by atoms with Crippen molar-refractivity contribution in [1.82, 2.24) is 10.2 Å². The fourth-order valence-electron chi connectivity index (χ4n) is 1.74. The highest BCUT2D eigenvalue weighted by Gasteiger charge is 2.05. The topological polar surface area (TPSA) is 51.0 Å². The molecule has 2 aromatic heterocycles. The summed E-state index contributed by atoms with van der Waals surface area (Å²) in [5.41, 5.74) is 2.58. The Kier molecular flexibility index (Phi) is 4.57. The molecular formula is C15H15N3OS2. The Balaban J connectivity index is 1.51. The van der Waals surface area contributed by atoms with Crippen LogP contribution in [0.5, 0.6) is 0 Å². The number of rotatable bonds is 6. The second-order valence-corrected chi connectivity index (χ2v) is 6.78. The SMILES string of the molecule is Cc1ccc(CSc2nnc(NCc3ccco3)s2)cc1. The van der Waals surface area contributed by atoms with Crippen molar-refractivity contribution in [2.75, 3.05) is 5.32 Å². The highest BCUT2D eigenvalue weighted by molar-refractivity contribution is 8.00. The van der Waals surface area contributed by atoms with Gasteiger partial charge in [-0.25, -0.2) is 0 Å². The van der Waals surface area contributed by atoms with Crippen LogP contribution in [0.15, 0.2) is 51.4 Å². The van der Waals surface area contributed by atoms with Crippen LogP contribution in [0.3, 0.4) is 0 Å². The lowest BCUT2D eigenvalue weighted by molar-refractivity contribution is 0.518.